The van der Waals surface area contributed by atoms with Crippen molar-refractivity contribution in [3.63, 3.8) is 0 Å². The first-order valence-electron chi connectivity index (χ1n) is 6.32. The molecule has 20 heavy (non-hydrogen) atoms. The SMILES string of the molecule is O=C(Nc1cnc2c(F)cccc2c1Cl)C1CCCO1. The Labute approximate surface area is 119 Å². The van der Waals surface area contributed by atoms with Crippen molar-refractivity contribution in [2.24, 2.45) is 0 Å². The van der Waals surface area contributed by atoms with Gasteiger partial charge in [0.05, 0.1) is 16.9 Å². The number of fused-ring (bicyclic) bond motifs is 1. The Bertz CT molecular complexity index is 672. The first kappa shape index (κ1) is 13.3. The molecule has 1 fully saturated rings. The summed E-state index contributed by atoms with van der Waals surface area (Å²) in [7, 11) is 0. The molecule has 0 bridgehead atoms. The van der Waals surface area contributed by atoms with Crippen LogP contribution in [0.3, 0.4) is 0 Å². The summed E-state index contributed by atoms with van der Waals surface area (Å²) in [6, 6.07) is 4.53. The molecule has 6 heteroatoms. The van der Waals surface area contributed by atoms with E-state index in [-0.39, 0.29) is 16.4 Å². The number of rotatable bonds is 2. The van der Waals surface area contributed by atoms with Crippen LogP contribution in [0.25, 0.3) is 10.9 Å². The predicted molar refractivity (Wildman–Crippen MR) is 74.3 cm³/mol. The second-order valence-corrected chi connectivity index (χ2v) is 4.99. The van der Waals surface area contributed by atoms with Crippen LogP contribution in [0.1, 0.15) is 12.8 Å². The highest BCUT2D eigenvalue weighted by molar-refractivity contribution is 6.38. The highest BCUT2D eigenvalue weighted by Crippen LogP contribution is 2.30. The first-order valence-corrected chi connectivity index (χ1v) is 6.70. The largest absolute Gasteiger partial charge is 0.368 e. The van der Waals surface area contributed by atoms with Gasteiger partial charge in [0.2, 0.25) is 0 Å². The van der Waals surface area contributed by atoms with Gasteiger partial charge >= 0.3 is 0 Å². The molecule has 1 aliphatic rings. The molecule has 1 aliphatic heterocycles. The number of carbonyl (C=O) groups is 1. The van der Waals surface area contributed by atoms with Gasteiger partial charge in [-0.15, -0.1) is 0 Å². The van der Waals surface area contributed by atoms with Crippen LogP contribution in [0.5, 0.6) is 0 Å². The highest BCUT2D eigenvalue weighted by atomic mass is 35.5. The summed E-state index contributed by atoms with van der Waals surface area (Å²) in [5.41, 5.74) is 0.554. The van der Waals surface area contributed by atoms with Crippen LogP contribution in [0.2, 0.25) is 5.02 Å². The molecule has 1 unspecified atom stereocenters. The van der Waals surface area contributed by atoms with Crippen LogP contribution in [-0.4, -0.2) is 23.6 Å². The normalized spacial score (nSPS) is 18.4. The van der Waals surface area contributed by atoms with E-state index in [0.29, 0.717) is 24.1 Å². The summed E-state index contributed by atoms with van der Waals surface area (Å²) in [4.78, 5) is 16.0. The van der Waals surface area contributed by atoms with Crippen LogP contribution >= 0.6 is 11.6 Å². The van der Waals surface area contributed by atoms with Crippen molar-refractivity contribution in [1.29, 1.82) is 0 Å². The van der Waals surface area contributed by atoms with Crippen molar-refractivity contribution in [2.75, 3.05) is 11.9 Å². The van der Waals surface area contributed by atoms with E-state index in [1.807, 2.05) is 0 Å². The minimum atomic E-state index is -0.450. The zero-order valence-electron chi connectivity index (χ0n) is 10.5. The smallest absolute Gasteiger partial charge is 0.253 e. The van der Waals surface area contributed by atoms with Gasteiger partial charge in [-0.25, -0.2) is 4.39 Å². The van der Waals surface area contributed by atoms with E-state index in [2.05, 4.69) is 10.3 Å². The molecule has 2 heterocycles. The van der Waals surface area contributed by atoms with Crippen molar-refractivity contribution >= 4 is 34.1 Å². The summed E-state index contributed by atoms with van der Waals surface area (Å²) < 4.78 is 18.9. The second kappa shape index (κ2) is 5.34. The number of ether oxygens (including phenoxy) is 1. The maximum absolute atomic E-state index is 13.6. The van der Waals surface area contributed by atoms with Crippen LogP contribution < -0.4 is 5.32 Å². The summed E-state index contributed by atoms with van der Waals surface area (Å²) in [5, 5.41) is 3.43. The van der Waals surface area contributed by atoms with Crippen molar-refractivity contribution in [2.45, 2.75) is 18.9 Å². The van der Waals surface area contributed by atoms with Gasteiger partial charge in [-0.1, -0.05) is 23.7 Å². The Morgan fingerprint density at radius 3 is 3.10 bits per heavy atom. The van der Waals surface area contributed by atoms with E-state index < -0.39 is 11.9 Å². The Morgan fingerprint density at radius 2 is 2.35 bits per heavy atom. The van der Waals surface area contributed by atoms with Gasteiger partial charge in [0, 0.05) is 12.0 Å². The van der Waals surface area contributed by atoms with Crippen molar-refractivity contribution in [3.05, 3.63) is 35.2 Å². The third-order valence-electron chi connectivity index (χ3n) is 3.26. The van der Waals surface area contributed by atoms with Gasteiger partial charge in [0.1, 0.15) is 17.4 Å². The molecule has 0 spiro atoms. The lowest BCUT2D eigenvalue weighted by Gasteiger charge is -2.12. The maximum Gasteiger partial charge on any atom is 0.253 e. The lowest BCUT2D eigenvalue weighted by atomic mass is 10.2. The van der Waals surface area contributed by atoms with Crippen molar-refractivity contribution < 1.29 is 13.9 Å². The zero-order valence-corrected chi connectivity index (χ0v) is 11.3. The predicted octanol–water partition coefficient (Wildman–Crippen LogP) is 3.14. The minimum absolute atomic E-state index is 0.188. The molecule has 1 saturated heterocycles. The fourth-order valence-corrected chi connectivity index (χ4v) is 2.49. The minimum Gasteiger partial charge on any atom is -0.368 e. The summed E-state index contributed by atoms with van der Waals surface area (Å²) >= 11 is 6.20. The summed E-state index contributed by atoms with van der Waals surface area (Å²) in [6.45, 7) is 0.590. The number of anilines is 1. The molecule has 1 amide bonds. The van der Waals surface area contributed by atoms with E-state index in [1.165, 1.54) is 12.3 Å². The molecule has 2 aromatic rings. The van der Waals surface area contributed by atoms with Crippen molar-refractivity contribution in [1.82, 2.24) is 4.98 Å². The van der Waals surface area contributed by atoms with Crippen LogP contribution in [-0.2, 0) is 9.53 Å². The molecule has 1 atom stereocenters. The van der Waals surface area contributed by atoms with E-state index in [0.717, 1.165) is 6.42 Å². The molecular weight excluding hydrogens is 283 g/mol. The number of hydrogen-bond donors (Lipinski definition) is 1. The number of carbonyl (C=O) groups excluding carboxylic acids is 1. The highest BCUT2D eigenvalue weighted by Gasteiger charge is 2.24. The second-order valence-electron chi connectivity index (χ2n) is 4.61. The number of para-hydroxylation sites is 1. The Kier molecular flexibility index (Phi) is 3.54. The quantitative estimate of drug-likeness (QED) is 0.926. The van der Waals surface area contributed by atoms with Gasteiger partial charge in [-0.05, 0) is 18.9 Å². The number of nitrogens with one attached hydrogen (secondary N) is 1. The number of amides is 1. The third kappa shape index (κ3) is 2.34. The molecule has 0 aliphatic carbocycles. The number of hydrogen-bond acceptors (Lipinski definition) is 3. The molecular formula is C14H12ClFN2O2. The fraction of sp³-hybridized carbons (Fsp3) is 0.286. The standard InChI is InChI=1S/C14H12ClFN2O2/c15-12-8-3-1-4-9(16)13(8)17-7-10(12)18-14(19)11-5-2-6-20-11/h1,3-4,7,11H,2,5-6H2,(H,18,19). The first-order chi connectivity index (χ1) is 9.66. The van der Waals surface area contributed by atoms with Gasteiger partial charge in [-0.3, -0.25) is 9.78 Å². The molecule has 104 valence electrons. The maximum atomic E-state index is 13.6. The number of benzene rings is 1. The lowest BCUT2D eigenvalue weighted by Crippen LogP contribution is -2.27. The molecule has 0 saturated carbocycles. The van der Waals surface area contributed by atoms with Crippen LogP contribution in [0.15, 0.2) is 24.4 Å². The van der Waals surface area contributed by atoms with E-state index in [4.69, 9.17) is 16.3 Å². The monoisotopic (exact) mass is 294 g/mol. The average molecular weight is 295 g/mol. The number of pyridine rings is 1. The molecule has 1 N–H and O–H groups in total. The van der Waals surface area contributed by atoms with E-state index in [9.17, 15) is 9.18 Å². The Balaban J connectivity index is 1.92. The molecule has 4 nitrogen and oxygen atoms in total. The number of nitrogens with zero attached hydrogens (tertiary/aromatic N) is 1. The van der Waals surface area contributed by atoms with Gasteiger partial charge in [0.25, 0.3) is 5.91 Å². The van der Waals surface area contributed by atoms with Gasteiger partial charge in [0.15, 0.2) is 0 Å². The molecule has 1 aromatic carbocycles. The molecule has 0 radical (unpaired) electrons. The third-order valence-corrected chi connectivity index (χ3v) is 3.67. The van der Waals surface area contributed by atoms with E-state index in [1.54, 1.807) is 12.1 Å². The lowest BCUT2D eigenvalue weighted by molar-refractivity contribution is -0.124. The van der Waals surface area contributed by atoms with Crippen molar-refractivity contribution in [3.8, 4) is 0 Å². The van der Waals surface area contributed by atoms with E-state index >= 15 is 0 Å². The number of halogens is 2. The fourth-order valence-electron chi connectivity index (χ4n) is 2.24. The summed E-state index contributed by atoms with van der Waals surface area (Å²) in [6.07, 6.45) is 2.47. The molecule has 3 rings (SSSR count). The Morgan fingerprint density at radius 1 is 1.50 bits per heavy atom. The Hall–Kier alpha value is -1.72. The van der Waals surface area contributed by atoms with Crippen LogP contribution in [0.4, 0.5) is 10.1 Å². The number of aromatic nitrogens is 1. The zero-order chi connectivity index (χ0) is 14.1. The topological polar surface area (TPSA) is 51.2 Å². The molecule has 1 aromatic heterocycles. The van der Waals surface area contributed by atoms with Gasteiger partial charge in [-0.2, -0.15) is 0 Å². The van der Waals surface area contributed by atoms with Gasteiger partial charge < -0.3 is 10.1 Å². The average Bonchev–Trinajstić information content (AvgIpc) is 2.97. The summed E-state index contributed by atoms with van der Waals surface area (Å²) in [5.74, 6) is -0.691. The van der Waals surface area contributed by atoms with Crippen LogP contribution in [0, 0.1) is 5.82 Å².